The van der Waals surface area contributed by atoms with Crippen LogP contribution in [0.15, 0.2) is 30.3 Å². The summed E-state index contributed by atoms with van der Waals surface area (Å²) in [5.41, 5.74) is 2.79. The first-order chi connectivity index (χ1) is 6.47. The molecule has 0 spiro atoms. The molecule has 0 amide bonds. The number of rotatable bonds is 1. The highest BCUT2D eigenvalue weighted by atomic mass is 14.1. The summed E-state index contributed by atoms with van der Waals surface area (Å²) in [6.45, 7) is 0. The second-order valence-corrected chi connectivity index (χ2v) is 3.58. The van der Waals surface area contributed by atoms with Gasteiger partial charge in [0.25, 0.3) is 0 Å². The molecule has 1 aliphatic rings. The number of hydrogen-bond donors (Lipinski definition) is 0. The molecule has 1 radical (unpaired) electrons. The Labute approximate surface area is 80.3 Å². The molecule has 0 aliphatic heterocycles. The van der Waals surface area contributed by atoms with Gasteiger partial charge < -0.3 is 0 Å². The molecular formula is C13H15. The van der Waals surface area contributed by atoms with Gasteiger partial charge in [0.05, 0.1) is 0 Å². The molecular weight excluding hydrogens is 156 g/mol. The third-order valence-corrected chi connectivity index (χ3v) is 2.56. The Morgan fingerprint density at radius 2 is 1.77 bits per heavy atom. The summed E-state index contributed by atoms with van der Waals surface area (Å²) in [6.07, 6.45) is 9.88. The Kier molecular flexibility index (Phi) is 2.81. The molecule has 1 aromatic rings. The van der Waals surface area contributed by atoms with Crippen molar-refractivity contribution in [2.75, 3.05) is 0 Å². The molecule has 0 bridgehead atoms. The minimum Gasteiger partial charge on any atom is -0.0622 e. The average Bonchev–Trinajstić information content (AvgIpc) is 2.47. The van der Waals surface area contributed by atoms with Gasteiger partial charge >= 0.3 is 0 Å². The lowest BCUT2D eigenvalue weighted by molar-refractivity contribution is 0.717. The number of benzene rings is 1. The quantitative estimate of drug-likeness (QED) is 0.602. The lowest BCUT2D eigenvalue weighted by atomic mass is 10.0. The standard InChI is InChI=1S/C13H15/c1-2-5-9-12(8-4-1)13-10-6-3-7-11-13/h3,6-7,10-11H,1-2,4-5,8H2. The zero-order chi connectivity index (χ0) is 8.93. The summed E-state index contributed by atoms with van der Waals surface area (Å²) < 4.78 is 0. The van der Waals surface area contributed by atoms with Gasteiger partial charge in [-0.05, 0) is 42.9 Å². The smallest absolute Gasteiger partial charge is 0.0222 e. The van der Waals surface area contributed by atoms with Crippen LogP contribution < -0.4 is 0 Å². The first-order valence-corrected chi connectivity index (χ1v) is 5.12. The minimum absolute atomic E-state index is 1.14. The molecule has 0 nitrogen and oxygen atoms in total. The SMILES string of the molecule is [C]1=C(c2ccccc2)CCCCC1. The Balaban J connectivity index is 2.19. The van der Waals surface area contributed by atoms with Crippen molar-refractivity contribution in [3.8, 4) is 0 Å². The van der Waals surface area contributed by atoms with Crippen molar-refractivity contribution in [3.05, 3.63) is 42.0 Å². The van der Waals surface area contributed by atoms with Gasteiger partial charge in [0, 0.05) is 0 Å². The van der Waals surface area contributed by atoms with Crippen molar-refractivity contribution in [1.29, 1.82) is 0 Å². The first-order valence-electron chi connectivity index (χ1n) is 5.12. The molecule has 1 aliphatic carbocycles. The summed E-state index contributed by atoms with van der Waals surface area (Å²) in [5, 5.41) is 0. The fourth-order valence-electron chi connectivity index (χ4n) is 1.82. The number of hydrogen-bond acceptors (Lipinski definition) is 0. The topological polar surface area (TPSA) is 0 Å². The first kappa shape index (κ1) is 8.55. The van der Waals surface area contributed by atoms with Crippen molar-refractivity contribution in [1.82, 2.24) is 0 Å². The molecule has 0 saturated heterocycles. The molecule has 0 heteroatoms. The fourth-order valence-corrected chi connectivity index (χ4v) is 1.82. The Hall–Kier alpha value is -1.04. The van der Waals surface area contributed by atoms with E-state index < -0.39 is 0 Å². The van der Waals surface area contributed by atoms with Gasteiger partial charge in [0.1, 0.15) is 0 Å². The van der Waals surface area contributed by atoms with Crippen LogP contribution in [-0.4, -0.2) is 0 Å². The Bertz CT molecular complexity index is 282. The van der Waals surface area contributed by atoms with Gasteiger partial charge in [-0.25, -0.2) is 0 Å². The van der Waals surface area contributed by atoms with Crippen LogP contribution in [0.3, 0.4) is 0 Å². The zero-order valence-electron chi connectivity index (χ0n) is 7.92. The van der Waals surface area contributed by atoms with E-state index in [1.165, 1.54) is 36.8 Å². The van der Waals surface area contributed by atoms with Crippen LogP contribution in [0.5, 0.6) is 0 Å². The van der Waals surface area contributed by atoms with E-state index in [2.05, 4.69) is 36.4 Å². The van der Waals surface area contributed by atoms with E-state index >= 15 is 0 Å². The van der Waals surface area contributed by atoms with E-state index in [0.717, 1.165) is 6.42 Å². The van der Waals surface area contributed by atoms with Gasteiger partial charge in [-0.1, -0.05) is 36.8 Å². The van der Waals surface area contributed by atoms with Gasteiger partial charge in [-0.3, -0.25) is 0 Å². The van der Waals surface area contributed by atoms with E-state index in [1.807, 2.05) is 0 Å². The predicted molar refractivity (Wildman–Crippen MR) is 56.2 cm³/mol. The monoisotopic (exact) mass is 171 g/mol. The third kappa shape index (κ3) is 2.21. The molecule has 0 unspecified atom stereocenters. The summed E-state index contributed by atoms with van der Waals surface area (Å²) in [7, 11) is 0. The molecule has 2 rings (SSSR count). The van der Waals surface area contributed by atoms with Crippen molar-refractivity contribution in [2.24, 2.45) is 0 Å². The Morgan fingerprint density at radius 3 is 2.62 bits per heavy atom. The van der Waals surface area contributed by atoms with Gasteiger partial charge in [0.15, 0.2) is 0 Å². The maximum atomic E-state index is 3.51. The maximum absolute atomic E-state index is 3.51. The van der Waals surface area contributed by atoms with Crippen LogP contribution in [0.25, 0.3) is 5.57 Å². The zero-order valence-corrected chi connectivity index (χ0v) is 7.92. The lowest BCUT2D eigenvalue weighted by Crippen LogP contribution is -1.82. The van der Waals surface area contributed by atoms with Gasteiger partial charge in [0.2, 0.25) is 0 Å². The van der Waals surface area contributed by atoms with Gasteiger partial charge in [-0.2, -0.15) is 0 Å². The molecule has 0 heterocycles. The summed E-state index contributed by atoms with van der Waals surface area (Å²) in [4.78, 5) is 0. The second-order valence-electron chi connectivity index (χ2n) is 3.58. The van der Waals surface area contributed by atoms with Crippen LogP contribution in [0.2, 0.25) is 0 Å². The molecule has 0 saturated carbocycles. The van der Waals surface area contributed by atoms with Crippen molar-refractivity contribution < 1.29 is 0 Å². The molecule has 13 heavy (non-hydrogen) atoms. The average molecular weight is 171 g/mol. The Morgan fingerprint density at radius 1 is 0.923 bits per heavy atom. The van der Waals surface area contributed by atoms with E-state index in [1.54, 1.807) is 0 Å². The minimum atomic E-state index is 1.14. The van der Waals surface area contributed by atoms with E-state index in [-0.39, 0.29) is 0 Å². The molecule has 1 aromatic carbocycles. The van der Waals surface area contributed by atoms with Crippen molar-refractivity contribution in [2.45, 2.75) is 32.1 Å². The fraction of sp³-hybridized carbons (Fsp3) is 0.385. The van der Waals surface area contributed by atoms with E-state index in [4.69, 9.17) is 0 Å². The van der Waals surface area contributed by atoms with Crippen LogP contribution in [0.4, 0.5) is 0 Å². The maximum Gasteiger partial charge on any atom is -0.0222 e. The van der Waals surface area contributed by atoms with Crippen molar-refractivity contribution >= 4 is 5.57 Å². The van der Waals surface area contributed by atoms with Crippen LogP contribution in [0, 0.1) is 6.08 Å². The highest BCUT2D eigenvalue weighted by Gasteiger charge is 2.04. The normalized spacial score (nSPS) is 17.7. The number of allylic oxidation sites excluding steroid dienone is 2. The summed E-state index contributed by atoms with van der Waals surface area (Å²) in [5.74, 6) is 0. The second kappa shape index (κ2) is 4.27. The largest absolute Gasteiger partial charge is 0.0622 e. The molecule has 67 valence electrons. The van der Waals surface area contributed by atoms with E-state index in [9.17, 15) is 0 Å². The highest BCUT2D eigenvalue weighted by Crippen LogP contribution is 2.24. The summed E-state index contributed by atoms with van der Waals surface area (Å²) in [6, 6.07) is 10.7. The lowest BCUT2D eigenvalue weighted by Gasteiger charge is -2.03. The summed E-state index contributed by atoms with van der Waals surface area (Å²) >= 11 is 0. The van der Waals surface area contributed by atoms with Crippen LogP contribution >= 0.6 is 0 Å². The van der Waals surface area contributed by atoms with Gasteiger partial charge in [-0.15, -0.1) is 0 Å². The molecule has 0 fully saturated rings. The third-order valence-electron chi connectivity index (χ3n) is 2.56. The molecule has 0 aromatic heterocycles. The van der Waals surface area contributed by atoms with Crippen LogP contribution in [-0.2, 0) is 0 Å². The molecule has 0 atom stereocenters. The van der Waals surface area contributed by atoms with Crippen LogP contribution in [0.1, 0.15) is 37.7 Å². The molecule has 0 N–H and O–H groups in total. The van der Waals surface area contributed by atoms with E-state index in [0.29, 0.717) is 0 Å². The highest BCUT2D eigenvalue weighted by molar-refractivity contribution is 5.63. The van der Waals surface area contributed by atoms with Crippen molar-refractivity contribution in [3.63, 3.8) is 0 Å². The predicted octanol–water partition coefficient (Wildman–Crippen LogP) is 3.84.